The summed E-state index contributed by atoms with van der Waals surface area (Å²) in [5.41, 5.74) is 6.41. The van der Waals surface area contributed by atoms with Gasteiger partial charge in [-0.25, -0.2) is 0 Å². The van der Waals surface area contributed by atoms with E-state index in [9.17, 15) is 19.5 Å². The fourth-order valence-corrected chi connectivity index (χ4v) is 8.33. The molecule has 300 valence electrons. The molecule has 0 aliphatic carbocycles. The summed E-state index contributed by atoms with van der Waals surface area (Å²) in [4.78, 5) is 41.5. The monoisotopic (exact) mass is 773 g/mol. The summed E-state index contributed by atoms with van der Waals surface area (Å²) in [6.45, 7) is 5.38. The molecule has 3 saturated heterocycles. The molecule has 4 aromatic carbocycles. The average molecular weight is 774 g/mol. The van der Waals surface area contributed by atoms with Crippen molar-refractivity contribution in [2.24, 2.45) is 0 Å². The van der Waals surface area contributed by atoms with Crippen molar-refractivity contribution in [3.63, 3.8) is 0 Å². The third-order valence-electron chi connectivity index (χ3n) is 11.5. The van der Waals surface area contributed by atoms with E-state index in [1.54, 1.807) is 0 Å². The summed E-state index contributed by atoms with van der Waals surface area (Å²) in [7, 11) is 0. The molecular weight excluding hydrogens is 719 g/mol. The van der Waals surface area contributed by atoms with Gasteiger partial charge in [-0.05, 0) is 77.8 Å². The Balaban J connectivity index is 1.01. The Hall–Kier alpha value is -5.07. The Morgan fingerprint density at radius 3 is 2.33 bits per heavy atom. The van der Waals surface area contributed by atoms with Gasteiger partial charge in [0.15, 0.2) is 6.29 Å². The van der Waals surface area contributed by atoms with E-state index < -0.39 is 11.8 Å². The van der Waals surface area contributed by atoms with Gasteiger partial charge in [0.05, 0.1) is 25.5 Å². The summed E-state index contributed by atoms with van der Waals surface area (Å²) in [6.07, 6.45) is 4.21. The summed E-state index contributed by atoms with van der Waals surface area (Å²) in [5.74, 6) is 0.0982. The molecule has 1 spiro atoms. The van der Waals surface area contributed by atoms with Crippen LogP contribution in [0.4, 0.5) is 5.69 Å². The van der Waals surface area contributed by atoms with Crippen LogP contribution in [0.5, 0.6) is 0 Å². The maximum Gasteiger partial charge on any atom is 0.247 e. The summed E-state index contributed by atoms with van der Waals surface area (Å²) in [6, 6.07) is 34.6. The molecule has 3 aliphatic rings. The lowest BCUT2D eigenvalue weighted by Gasteiger charge is -2.45. The number of nitrogens with zero attached hydrogens (tertiary/aromatic N) is 2. The number of unbranched alkanes of at least 4 members (excludes halogenated alkanes) is 2. The van der Waals surface area contributed by atoms with Crippen molar-refractivity contribution in [3.05, 3.63) is 125 Å². The number of hydrogen-bond acceptors (Lipinski definition) is 8. The van der Waals surface area contributed by atoms with Gasteiger partial charge < -0.3 is 40.3 Å². The predicted octanol–water partition coefficient (Wildman–Crippen LogP) is 6.13. The smallest absolute Gasteiger partial charge is 0.247 e. The molecule has 4 N–H and O–H groups in total. The minimum absolute atomic E-state index is 0.0151. The van der Waals surface area contributed by atoms with Crippen molar-refractivity contribution in [3.8, 4) is 11.1 Å². The minimum Gasteiger partial charge on any atom is -0.392 e. The van der Waals surface area contributed by atoms with Crippen LogP contribution in [0.25, 0.3) is 11.1 Å². The molecule has 0 bridgehead atoms. The van der Waals surface area contributed by atoms with Crippen LogP contribution in [0.15, 0.2) is 103 Å². The maximum atomic E-state index is 13.3. The summed E-state index contributed by atoms with van der Waals surface area (Å²) >= 11 is 0. The van der Waals surface area contributed by atoms with E-state index in [4.69, 9.17) is 9.47 Å². The molecule has 57 heavy (non-hydrogen) atoms. The second kappa shape index (κ2) is 18.9. The number of para-hydroxylation sites is 1. The Morgan fingerprint density at radius 1 is 0.825 bits per heavy atom. The number of carbonyl (C=O) groups is 3. The van der Waals surface area contributed by atoms with Gasteiger partial charge in [-0.15, -0.1) is 0 Å². The van der Waals surface area contributed by atoms with Crippen LogP contribution in [0, 0.1) is 0 Å². The second-order valence-corrected chi connectivity index (χ2v) is 15.5. The first-order valence-electron chi connectivity index (χ1n) is 20.3. The number of benzene rings is 4. The highest BCUT2D eigenvalue weighted by molar-refractivity contribution is 5.93. The molecule has 3 aliphatic heterocycles. The molecule has 3 heterocycles. The quantitative estimate of drug-likeness (QED) is 0.106. The minimum atomic E-state index is -0.600. The topological polar surface area (TPSA) is 132 Å². The largest absolute Gasteiger partial charge is 0.392 e. The Kier molecular flexibility index (Phi) is 13.3. The SMILES string of the molecule is CC(=O)NCCCCCC(=O)NCc1cccc(-c2cccc([C@H]3O[C@@H](CN4CCC5(CC4)C(=O)NCN5c4ccccc4)C[C@@H](c4ccc(CO)cc4)O3)c2)c1. The Bertz CT molecular complexity index is 1970. The highest BCUT2D eigenvalue weighted by Crippen LogP contribution is 2.41. The van der Waals surface area contributed by atoms with Gasteiger partial charge in [-0.2, -0.15) is 0 Å². The third-order valence-corrected chi connectivity index (χ3v) is 11.5. The van der Waals surface area contributed by atoms with Crippen molar-refractivity contribution in [2.75, 3.05) is 37.7 Å². The zero-order chi connectivity index (χ0) is 39.6. The fraction of sp³-hybridized carbons (Fsp3) is 0.413. The van der Waals surface area contributed by atoms with Crippen molar-refractivity contribution in [1.29, 1.82) is 0 Å². The van der Waals surface area contributed by atoms with Crippen LogP contribution in [-0.4, -0.2) is 72.2 Å². The van der Waals surface area contributed by atoms with Gasteiger partial charge in [-0.1, -0.05) is 85.3 Å². The number of aliphatic hydroxyl groups is 1. The summed E-state index contributed by atoms with van der Waals surface area (Å²) in [5, 5.41) is 18.6. The molecule has 11 heteroatoms. The number of likely N-dealkylation sites (tertiary alicyclic amines) is 1. The number of hydrogen-bond donors (Lipinski definition) is 4. The van der Waals surface area contributed by atoms with E-state index >= 15 is 0 Å². The molecule has 11 nitrogen and oxygen atoms in total. The standard InChI is InChI=1S/C46H55N5O6/c1-33(53)47-23-7-3-6-16-43(54)48-29-35-10-8-11-37(26-35)38-12-9-13-39(27-38)44-56-41(28-42(57-44)36-19-17-34(31-52)18-20-36)30-50-24-21-46(22-25-50)45(55)49-32-51(46)40-14-4-2-5-15-40/h2,4-5,8-15,17-20,26-27,41-42,44,52H,3,6-7,16,21-25,28-32H2,1H3,(H,47,53)(H,48,54)(H,49,55)/t41-,42+,44+/m1/s1. The fourth-order valence-electron chi connectivity index (χ4n) is 8.33. The molecule has 0 saturated carbocycles. The average Bonchev–Trinajstić information content (AvgIpc) is 3.56. The number of ether oxygens (including phenoxy) is 2. The zero-order valence-corrected chi connectivity index (χ0v) is 32.8. The molecule has 3 atom stereocenters. The number of amides is 3. The Labute approximate surface area is 335 Å². The van der Waals surface area contributed by atoms with Gasteiger partial charge in [0.1, 0.15) is 5.54 Å². The van der Waals surface area contributed by atoms with Crippen LogP contribution in [-0.2, 0) is 37.0 Å². The van der Waals surface area contributed by atoms with E-state index in [1.165, 1.54) is 6.92 Å². The van der Waals surface area contributed by atoms with Crippen LogP contribution in [0.3, 0.4) is 0 Å². The first-order chi connectivity index (χ1) is 27.8. The second-order valence-electron chi connectivity index (χ2n) is 15.5. The Morgan fingerprint density at radius 2 is 1.58 bits per heavy atom. The summed E-state index contributed by atoms with van der Waals surface area (Å²) < 4.78 is 13.5. The zero-order valence-electron chi connectivity index (χ0n) is 32.8. The van der Waals surface area contributed by atoms with Crippen LogP contribution in [0.1, 0.15) is 86.5 Å². The lowest BCUT2D eigenvalue weighted by Crippen LogP contribution is -2.57. The molecule has 3 fully saturated rings. The number of nitrogens with one attached hydrogen (secondary N) is 3. The highest BCUT2D eigenvalue weighted by Gasteiger charge is 2.50. The van der Waals surface area contributed by atoms with Crippen LogP contribution < -0.4 is 20.9 Å². The van der Waals surface area contributed by atoms with Gasteiger partial charge >= 0.3 is 0 Å². The normalized spacial score (nSPS) is 20.6. The number of rotatable bonds is 15. The van der Waals surface area contributed by atoms with Crippen molar-refractivity contribution in [2.45, 2.75) is 89.1 Å². The first-order valence-corrected chi connectivity index (χ1v) is 20.3. The molecule has 4 aromatic rings. The highest BCUT2D eigenvalue weighted by atomic mass is 16.7. The number of aliphatic hydroxyl groups excluding tert-OH is 1. The number of piperidine rings is 1. The number of anilines is 1. The van der Waals surface area contributed by atoms with Gasteiger partial charge in [0, 0.05) is 63.7 Å². The third kappa shape index (κ3) is 10.1. The molecule has 7 rings (SSSR count). The van der Waals surface area contributed by atoms with Gasteiger partial charge in [0.25, 0.3) is 0 Å². The lowest BCUT2D eigenvalue weighted by molar-refractivity contribution is -0.253. The van der Waals surface area contributed by atoms with Crippen molar-refractivity contribution >= 4 is 23.4 Å². The molecule has 3 amide bonds. The van der Waals surface area contributed by atoms with Gasteiger partial charge in [-0.3, -0.25) is 14.4 Å². The van der Waals surface area contributed by atoms with Crippen LogP contribution in [0.2, 0.25) is 0 Å². The van der Waals surface area contributed by atoms with E-state index in [2.05, 4.69) is 62.1 Å². The van der Waals surface area contributed by atoms with Crippen molar-refractivity contribution < 1.29 is 29.0 Å². The molecular formula is C46H55N5O6. The lowest BCUT2D eigenvalue weighted by atomic mass is 9.85. The maximum absolute atomic E-state index is 13.3. The first kappa shape index (κ1) is 40.1. The molecule has 0 unspecified atom stereocenters. The molecule has 0 aromatic heterocycles. The van der Waals surface area contributed by atoms with E-state index in [-0.39, 0.29) is 36.5 Å². The van der Waals surface area contributed by atoms with E-state index in [1.807, 2.05) is 66.7 Å². The number of carbonyl (C=O) groups excluding carboxylic acids is 3. The molecule has 0 radical (unpaired) electrons. The predicted molar refractivity (Wildman–Crippen MR) is 220 cm³/mol. The van der Waals surface area contributed by atoms with Gasteiger partial charge in [0.2, 0.25) is 17.7 Å². The van der Waals surface area contributed by atoms with Crippen molar-refractivity contribution in [1.82, 2.24) is 20.9 Å². The van der Waals surface area contributed by atoms with Crippen LogP contribution >= 0.6 is 0 Å². The van der Waals surface area contributed by atoms with E-state index in [0.29, 0.717) is 32.6 Å². The van der Waals surface area contributed by atoms with E-state index in [0.717, 1.165) is 90.8 Å².